The number of hydrogen-bond acceptors (Lipinski definition) is 5. The predicted molar refractivity (Wildman–Crippen MR) is 121 cm³/mol. The largest absolute Gasteiger partial charge is 0.379 e. The Morgan fingerprint density at radius 1 is 1.06 bits per heavy atom. The van der Waals surface area contributed by atoms with Gasteiger partial charge in [-0.25, -0.2) is 8.42 Å². The molecule has 2 saturated heterocycles. The molecule has 4 rings (SSSR count). The van der Waals surface area contributed by atoms with Crippen molar-refractivity contribution >= 4 is 33.2 Å². The van der Waals surface area contributed by atoms with E-state index >= 15 is 0 Å². The van der Waals surface area contributed by atoms with Crippen LogP contribution in [-0.4, -0.2) is 57.4 Å². The highest BCUT2D eigenvalue weighted by atomic mass is 32.2. The molecule has 2 aliphatic heterocycles. The number of carbonyl (C=O) groups excluding carboxylic acids is 2. The van der Waals surface area contributed by atoms with Gasteiger partial charge in [0.2, 0.25) is 21.8 Å². The lowest BCUT2D eigenvalue weighted by Crippen LogP contribution is -2.40. The smallest absolute Gasteiger partial charge is 0.243 e. The second-order valence-corrected chi connectivity index (χ2v) is 10.2. The number of nitrogens with one attached hydrogen (secondary N) is 1. The van der Waals surface area contributed by atoms with Gasteiger partial charge in [-0.05, 0) is 49.7 Å². The number of carbonyl (C=O) groups is 2. The van der Waals surface area contributed by atoms with Gasteiger partial charge in [-0.2, -0.15) is 4.31 Å². The van der Waals surface area contributed by atoms with Gasteiger partial charge in [-0.1, -0.05) is 17.7 Å². The molecule has 2 amide bonds. The summed E-state index contributed by atoms with van der Waals surface area (Å²) in [6.07, 6.45) is 0.142. The van der Waals surface area contributed by atoms with Crippen LogP contribution in [0, 0.1) is 19.8 Å². The van der Waals surface area contributed by atoms with E-state index in [4.69, 9.17) is 4.74 Å². The summed E-state index contributed by atoms with van der Waals surface area (Å²) in [5.74, 6) is -0.807. The van der Waals surface area contributed by atoms with Crippen LogP contribution in [0.15, 0.2) is 47.4 Å². The van der Waals surface area contributed by atoms with Gasteiger partial charge in [-0.3, -0.25) is 9.59 Å². The fourth-order valence-corrected chi connectivity index (χ4v) is 5.52. The molecule has 2 aromatic carbocycles. The number of morpholine rings is 1. The minimum atomic E-state index is -3.59. The maximum atomic E-state index is 12.8. The van der Waals surface area contributed by atoms with Crippen molar-refractivity contribution in [3.63, 3.8) is 0 Å². The van der Waals surface area contributed by atoms with E-state index in [9.17, 15) is 18.0 Å². The van der Waals surface area contributed by atoms with Crippen LogP contribution in [0.25, 0.3) is 0 Å². The first kappa shape index (κ1) is 22.4. The summed E-state index contributed by atoms with van der Waals surface area (Å²) in [4.78, 5) is 27.2. The first-order valence-electron chi connectivity index (χ1n) is 10.6. The summed E-state index contributed by atoms with van der Waals surface area (Å²) in [7, 11) is -3.59. The maximum Gasteiger partial charge on any atom is 0.243 e. The molecule has 0 bridgehead atoms. The van der Waals surface area contributed by atoms with Gasteiger partial charge in [0.15, 0.2) is 0 Å². The average molecular weight is 458 g/mol. The normalized spacial score (nSPS) is 19.9. The van der Waals surface area contributed by atoms with E-state index in [1.54, 1.807) is 17.0 Å². The molecule has 2 fully saturated rings. The molecule has 1 N–H and O–H groups in total. The number of aryl methyl sites for hydroxylation is 2. The summed E-state index contributed by atoms with van der Waals surface area (Å²) in [5.41, 5.74) is 3.43. The Morgan fingerprint density at radius 3 is 2.41 bits per heavy atom. The Kier molecular flexibility index (Phi) is 6.32. The molecule has 1 atom stereocenters. The molecule has 0 radical (unpaired) electrons. The van der Waals surface area contributed by atoms with Crippen molar-refractivity contribution in [2.24, 2.45) is 5.92 Å². The number of anilines is 2. The second-order valence-electron chi connectivity index (χ2n) is 8.23. The van der Waals surface area contributed by atoms with E-state index in [-0.39, 0.29) is 23.1 Å². The number of benzene rings is 2. The van der Waals surface area contributed by atoms with Crippen LogP contribution in [-0.2, 0) is 24.3 Å². The van der Waals surface area contributed by atoms with Crippen LogP contribution < -0.4 is 10.2 Å². The van der Waals surface area contributed by atoms with Crippen LogP contribution in [0.3, 0.4) is 0 Å². The molecule has 8 nitrogen and oxygen atoms in total. The third kappa shape index (κ3) is 4.55. The fraction of sp³-hybridized carbons (Fsp3) is 0.391. The van der Waals surface area contributed by atoms with Gasteiger partial charge in [0.1, 0.15) is 0 Å². The summed E-state index contributed by atoms with van der Waals surface area (Å²) < 4.78 is 32.1. The van der Waals surface area contributed by atoms with Crippen LogP contribution in [0.1, 0.15) is 17.5 Å². The van der Waals surface area contributed by atoms with E-state index in [0.29, 0.717) is 38.5 Å². The van der Waals surface area contributed by atoms with Crippen molar-refractivity contribution in [1.29, 1.82) is 0 Å². The van der Waals surface area contributed by atoms with Crippen molar-refractivity contribution in [3.05, 3.63) is 53.6 Å². The zero-order valence-electron chi connectivity index (χ0n) is 18.2. The van der Waals surface area contributed by atoms with E-state index in [0.717, 1.165) is 16.8 Å². The summed E-state index contributed by atoms with van der Waals surface area (Å²) in [5, 5.41) is 2.81. The van der Waals surface area contributed by atoms with Gasteiger partial charge in [-0.15, -0.1) is 0 Å². The fourth-order valence-electron chi connectivity index (χ4n) is 4.11. The van der Waals surface area contributed by atoms with Gasteiger partial charge in [0.25, 0.3) is 0 Å². The molecule has 0 saturated carbocycles. The third-order valence-corrected chi connectivity index (χ3v) is 7.78. The van der Waals surface area contributed by atoms with Gasteiger partial charge >= 0.3 is 0 Å². The van der Waals surface area contributed by atoms with Crippen LogP contribution in [0.5, 0.6) is 0 Å². The quantitative estimate of drug-likeness (QED) is 0.743. The molecular formula is C23H27N3O5S. The van der Waals surface area contributed by atoms with Crippen LogP contribution >= 0.6 is 0 Å². The van der Waals surface area contributed by atoms with E-state index in [1.165, 1.54) is 16.4 Å². The molecule has 32 heavy (non-hydrogen) atoms. The van der Waals surface area contributed by atoms with Crippen LogP contribution in [0.2, 0.25) is 0 Å². The Balaban J connectivity index is 1.41. The molecule has 2 aromatic rings. The highest BCUT2D eigenvalue weighted by Gasteiger charge is 2.35. The summed E-state index contributed by atoms with van der Waals surface area (Å²) in [6.45, 7) is 5.68. The molecule has 0 aliphatic carbocycles. The van der Waals surface area contributed by atoms with Gasteiger partial charge < -0.3 is 15.0 Å². The van der Waals surface area contributed by atoms with Crippen molar-refractivity contribution in [1.82, 2.24) is 4.31 Å². The zero-order chi connectivity index (χ0) is 22.9. The maximum absolute atomic E-state index is 12.8. The summed E-state index contributed by atoms with van der Waals surface area (Å²) >= 11 is 0. The van der Waals surface area contributed by atoms with Crippen LogP contribution in [0.4, 0.5) is 11.4 Å². The number of sulfonamides is 1. The molecule has 2 aliphatic rings. The monoisotopic (exact) mass is 457 g/mol. The molecule has 0 spiro atoms. The number of amides is 2. The standard InChI is InChI=1S/C23H27N3O5S/c1-16-3-8-21(17(2)13-16)26-15-18(14-22(26)27)23(28)24-19-4-6-20(7-5-19)32(29,30)25-9-11-31-12-10-25/h3-8,13,18H,9-12,14-15H2,1-2H3,(H,24,28). The lowest BCUT2D eigenvalue weighted by Gasteiger charge is -2.26. The predicted octanol–water partition coefficient (Wildman–Crippen LogP) is 2.32. The molecule has 170 valence electrons. The number of hydrogen-bond donors (Lipinski definition) is 1. The SMILES string of the molecule is Cc1ccc(N2CC(C(=O)Nc3ccc(S(=O)(=O)N4CCOCC4)cc3)CC2=O)c(C)c1. The summed E-state index contributed by atoms with van der Waals surface area (Å²) in [6, 6.07) is 12.0. The van der Waals surface area contributed by atoms with E-state index in [2.05, 4.69) is 5.32 Å². The Bertz CT molecular complexity index is 1120. The minimum absolute atomic E-state index is 0.0796. The highest BCUT2D eigenvalue weighted by Crippen LogP contribution is 2.29. The highest BCUT2D eigenvalue weighted by molar-refractivity contribution is 7.89. The lowest BCUT2D eigenvalue weighted by atomic mass is 10.1. The van der Waals surface area contributed by atoms with Crippen molar-refractivity contribution < 1.29 is 22.7 Å². The number of nitrogens with zero attached hydrogens (tertiary/aromatic N) is 2. The lowest BCUT2D eigenvalue weighted by molar-refractivity contribution is -0.122. The topological polar surface area (TPSA) is 96.0 Å². The van der Waals surface area contributed by atoms with Gasteiger partial charge in [0.05, 0.1) is 24.0 Å². The first-order valence-corrected chi connectivity index (χ1v) is 12.1. The Labute approximate surface area is 188 Å². The van der Waals surface area contributed by atoms with Crippen molar-refractivity contribution in [2.75, 3.05) is 43.1 Å². The molecule has 1 unspecified atom stereocenters. The van der Waals surface area contributed by atoms with Crippen molar-refractivity contribution in [3.8, 4) is 0 Å². The van der Waals surface area contributed by atoms with E-state index < -0.39 is 15.9 Å². The molecule has 2 heterocycles. The van der Waals surface area contributed by atoms with Crippen molar-refractivity contribution in [2.45, 2.75) is 25.2 Å². The van der Waals surface area contributed by atoms with E-state index in [1.807, 2.05) is 32.0 Å². The Hall–Kier alpha value is -2.75. The third-order valence-electron chi connectivity index (χ3n) is 5.87. The second kappa shape index (κ2) is 9.01. The minimum Gasteiger partial charge on any atom is -0.379 e. The van der Waals surface area contributed by atoms with Gasteiger partial charge in [0, 0.05) is 37.4 Å². The Morgan fingerprint density at radius 2 is 1.75 bits per heavy atom. The zero-order valence-corrected chi connectivity index (χ0v) is 19.0. The average Bonchev–Trinajstić information content (AvgIpc) is 3.16. The molecule has 0 aromatic heterocycles. The number of ether oxygens (including phenoxy) is 1. The molecular weight excluding hydrogens is 430 g/mol. The first-order chi connectivity index (χ1) is 15.3. The number of rotatable bonds is 5. The molecule has 9 heteroatoms.